The van der Waals surface area contributed by atoms with Crippen LogP contribution in [0.3, 0.4) is 0 Å². The summed E-state index contributed by atoms with van der Waals surface area (Å²) in [5.41, 5.74) is -0.457. The molecule has 0 bridgehead atoms. The van der Waals surface area contributed by atoms with E-state index in [0.717, 1.165) is 0 Å². The Labute approximate surface area is 170 Å². The number of nitrogens with zero attached hydrogens (tertiary/aromatic N) is 2. The molecule has 28 heavy (non-hydrogen) atoms. The minimum Gasteiger partial charge on any atom is -0.392 e. The van der Waals surface area contributed by atoms with E-state index >= 15 is 0 Å². The minimum absolute atomic E-state index is 0.0286. The summed E-state index contributed by atoms with van der Waals surface area (Å²) in [7, 11) is -2.70. The van der Waals surface area contributed by atoms with Gasteiger partial charge in [0.2, 0.25) is 0 Å². The Morgan fingerprint density at radius 3 is 2.39 bits per heavy atom. The fraction of sp³-hybridized carbons (Fsp3) is 0.737. The Balaban J connectivity index is 2.03. The lowest BCUT2D eigenvalue weighted by atomic mass is 10.0. The highest BCUT2D eigenvalue weighted by Crippen LogP contribution is 2.58. The maximum absolute atomic E-state index is 12.4. The van der Waals surface area contributed by atoms with Gasteiger partial charge in [-0.15, -0.1) is 11.8 Å². The van der Waals surface area contributed by atoms with Crippen LogP contribution in [0.1, 0.15) is 52.5 Å². The molecule has 1 aromatic rings. The van der Waals surface area contributed by atoms with Crippen LogP contribution in [0.25, 0.3) is 0 Å². The first kappa shape index (κ1) is 21.4. The molecule has 0 aliphatic carbocycles. The van der Waals surface area contributed by atoms with Crippen molar-refractivity contribution >= 4 is 20.3 Å². The zero-order valence-corrected chi connectivity index (χ0v) is 19.3. The number of fused-ring (bicyclic) bond motifs is 1. The maximum Gasteiger partial charge on any atom is 0.349 e. The van der Waals surface area contributed by atoms with Gasteiger partial charge in [-0.3, -0.25) is 14.3 Å². The standard InChI is InChI=1S/C19H29N3O4SSi/c1-11-9-22(17(24)21-15(11)23)16-12(8-20)14-13(27-16)10-25-28(26-14,18(2,3)4)19(5,6)7/h9,12-14,16H,10H2,1-7H3,(H,21,23,24)/t12-,13+,14-,16+/m0/s1. The number of aryl methyl sites for hydroxylation is 1. The molecule has 4 atom stereocenters. The highest BCUT2D eigenvalue weighted by atomic mass is 32.2. The van der Waals surface area contributed by atoms with Gasteiger partial charge >= 0.3 is 14.3 Å². The van der Waals surface area contributed by atoms with Gasteiger partial charge in [-0.25, -0.2) is 4.79 Å². The van der Waals surface area contributed by atoms with Gasteiger partial charge in [0.1, 0.15) is 11.3 Å². The molecule has 0 spiro atoms. The first-order chi connectivity index (χ1) is 12.8. The summed E-state index contributed by atoms with van der Waals surface area (Å²) in [5, 5.41) is 9.17. The van der Waals surface area contributed by atoms with Crippen molar-refractivity contribution in [3.63, 3.8) is 0 Å². The van der Waals surface area contributed by atoms with Crippen LogP contribution >= 0.6 is 11.8 Å². The third kappa shape index (κ3) is 3.20. The molecule has 2 saturated heterocycles. The second-order valence-corrected chi connectivity index (χ2v) is 15.8. The molecule has 0 unspecified atom stereocenters. The van der Waals surface area contributed by atoms with Crippen LogP contribution in [0.5, 0.6) is 0 Å². The zero-order valence-electron chi connectivity index (χ0n) is 17.5. The summed E-state index contributed by atoms with van der Waals surface area (Å²) in [6, 6.07) is 2.38. The molecule has 0 radical (unpaired) electrons. The molecular formula is C19H29N3O4SSi. The van der Waals surface area contributed by atoms with Crippen molar-refractivity contribution in [1.82, 2.24) is 9.55 Å². The summed E-state index contributed by atoms with van der Waals surface area (Å²) in [5.74, 6) is -0.501. The summed E-state index contributed by atoms with van der Waals surface area (Å²) < 4.78 is 14.7. The Kier molecular flexibility index (Phi) is 5.24. The second-order valence-electron chi connectivity index (χ2n) is 9.71. The van der Waals surface area contributed by atoms with Gasteiger partial charge in [0.15, 0.2) is 0 Å². The van der Waals surface area contributed by atoms with Crippen LogP contribution in [-0.2, 0) is 8.85 Å². The van der Waals surface area contributed by atoms with E-state index in [-0.39, 0.29) is 21.4 Å². The van der Waals surface area contributed by atoms with Crippen LogP contribution in [0.2, 0.25) is 10.1 Å². The zero-order chi connectivity index (χ0) is 21.1. The third-order valence-electron chi connectivity index (χ3n) is 5.64. The fourth-order valence-corrected chi connectivity index (χ4v) is 11.3. The number of nitriles is 1. The SMILES string of the molecule is Cc1cn([C@@H]2S[C@@H]3CO[Si](C(C)(C)C)(C(C)(C)C)O[C@H]3[C@@H]2C#N)c(=O)[nH]c1=O. The molecule has 1 aromatic heterocycles. The molecule has 2 aliphatic rings. The smallest absolute Gasteiger partial charge is 0.349 e. The summed E-state index contributed by atoms with van der Waals surface area (Å²) in [6.07, 6.45) is 1.23. The van der Waals surface area contributed by atoms with Gasteiger partial charge in [0, 0.05) is 21.8 Å². The molecule has 3 heterocycles. The van der Waals surface area contributed by atoms with Crippen LogP contribution in [0.15, 0.2) is 15.8 Å². The van der Waals surface area contributed by atoms with E-state index in [1.54, 1.807) is 13.1 Å². The number of aromatic nitrogens is 2. The van der Waals surface area contributed by atoms with E-state index in [4.69, 9.17) is 8.85 Å². The van der Waals surface area contributed by atoms with Gasteiger partial charge < -0.3 is 8.85 Å². The summed E-state index contributed by atoms with van der Waals surface area (Å²) >= 11 is 1.52. The number of H-pyrrole nitrogens is 1. The predicted octanol–water partition coefficient (Wildman–Crippen LogP) is 3.06. The van der Waals surface area contributed by atoms with Crippen LogP contribution in [0, 0.1) is 24.2 Å². The monoisotopic (exact) mass is 423 g/mol. The molecule has 1 N–H and O–H groups in total. The largest absolute Gasteiger partial charge is 0.392 e. The lowest BCUT2D eigenvalue weighted by Crippen LogP contribution is -2.64. The topological polar surface area (TPSA) is 97.1 Å². The van der Waals surface area contributed by atoms with Gasteiger partial charge in [-0.1, -0.05) is 41.5 Å². The number of thioether (sulfide) groups is 1. The fourth-order valence-electron chi connectivity index (χ4n) is 4.51. The molecule has 2 aliphatic heterocycles. The number of hydrogen-bond donors (Lipinski definition) is 1. The molecule has 154 valence electrons. The van der Waals surface area contributed by atoms with E-state index < -0.39 is 31.1 Å². The quantitative estimate of drug-likeness (QED) is 0.697. The molecule has 0 aromatic carbocycles. The first-order valence-electron chi connectivity index (χ1n) is 9.51. The van der Waals surface area contributed by atoms with E-state index in [1.807, 2.05) is 0 Å². The highest BCUT2D eigenvalue weighted by Gasteiger charge is 2.64. The average Bonchev–Trinajstić information content (AvgIpc) is 2.93. The maximum atomic E-state index is 12.4. The molecule has 9 heteroatoms. The molecule has 0 saturated carbocycles. The molecule has 2 fully saturated rings. The van der Waals surface area contributed by atoms with Gasteiger partial charge in [-0.2, -0.15) is 5.26 Å². The average molecular weight is 424 g/mol. The van der Waals surface area contributed by atoms with Crippen molar-refractivity contribution in [3.05, 3.63) is 32.6 Å². The van der Waals surface area contributed by atoms with Crippen molar-refractivity contribution < 1.29 is 8.85 Å². The van der Waals surface area contributed by atoms with Crippen molar-refractivity contribution in [2.24, 2.45) is 5.92 Å². The Hall–Kier alpha value is -1.34. The van der Waals surface area contributed by atoms with Crippen LogP contribution < -0.4 is 11.2 Å². The number of nitrogens with one attached hydrogen (secondary N) is 1. The minimum atomic E-state index is -2.70. The van der Waals surface area contributed by atoms with E-state index in [1.165, 1.54) is 16.3 Å². The Bertz CT molecular complexity index is 907. The van der Waals surface area contributed by atoms with Gasteiger partial charge in [0.25, 0.3) is 5.56 Å². The lowest BCUT2D eigenvalue weighted by Gasteiger charge is -2.53. The Morgan fingerprint density at radius 2 is 1.86 bits per heavy atom. The lowest BCUT2D eigenvalue weighted by molar-refractivity contribution is 0.0119. The molecule has 7 nitrogen and oxygen atoms in total. The second kappa shape index (κ2) is 6.87. The number of aromatic amines is 1. The number of hydrogen-bond acceptors (Lipinski definition) is 6. The van der Waals surface area contributed by atoms with E-state index in [9.17, 15) is 14.9 Å². The summed E-state index contributed by atoms with van der Waals surface area (Å²) in [4.78, 5) is 26.5. The van der Waals surface area contributed by atoms with Crippen molar-refractivity contribution in [1.29, 1.82) is 5.26 Å². The van der Waals surface area contributed by atoms with Crippen LogP contribution in [0.4, 0.5) is 0 Å². The normalized spacial score (nSPS) is 29.9. The van der Waals surface area contributed by atoms with Crippen LogP contribution in [-0.4, -0.2) is 36.1 Å². The number of rotatable bonds is 1. The molecular weight excluding hydrogens is 394 g/mol. The van der Waals surface area contributed by atoms with Gasteiger partial charge in [0.05, 0.1) is 24.0 Å². The highest BCUT2D eigenvalue weighted by molar-refractivity contribution is 8.00. The van der Waals surface area contributed by atoms with E-state index in [2.05, 4.69) is 52.6 Å². The van der Waals surface area contributed by atoms with E-state index in [0.29, 0.717) is 12.2 Å². The Morgan fingerprint density at radius 1 is 1.25 bits per heavy atom. The van der Waals surface area contributed by atoms with Crippen molar-refractivity contribution in [2.75, 3.05) is 6.61 Å². The predicted molar refractivity (Wildman–Crippen MR) is 112 cm³/mol. The third-order valence-corrected chi connectivity index (χ3v) is 12.3. The molecule has 3 rings (SSSR count). The first-order valence-corrected chi connectivity index (χ1v) is 12.3. The van der Waals surface area contributed by atoms with Crippen molar-refractivity contribution in [2.45, 2.75) is 75.3 Å². The summed E-state index contributed by atoms with van der Waals surface area (Å²) in [6.45, 7) is 15.0. The molecule has 0 amide bonds. The van der Waals surface area contributed by atoms with Crippen molar-refractivity contribution in [3.8, 4) is 6.07 Å². The van der Waals surface area contributed by atoms with Gasteiger partial charge in [-0.05, 0) is 6.92 Å².